The Morgan fingerprint density at radius 3 is 2.47 bits per heavy atom. The first kappa shape index (κ1) is 20.2. The van der Waals surface area contributed by atoms with E-state index in [4.69, 9.17) is 0 Å². The lowest BCUT2D eigenvalue weighted by Crippen LogP contribution is -2.17. The number of hydrogen-bond acceptors (Lipinski definition) is 4. The monoisotopic (exact) mass is 417 g/mol. The van der Waals surface area contributed by atoms with Gasteiger partial charge in [-0.2, -0.15) is 13.2 Å². The van der Waals surface area contributed by atoms with Crippen molar-refractivity contribution in [3.8, 4) is 5.69 Å². The summed E-state index contributed by atoms with van der Waals surface area (Å²) < 4.78 is 56.1. The minimum absolute atomic E-state index is 0.141. The van der Waals surface area contributed by atoms with Crippen LogP contribution in [0.2, 0.25) is 0 Å². The fourth-order valence-electron chi connectivity index (χ4n) is 3.66. The number of nitrogens with zero attached hydrogens (tertiary/aromatic N) is 4. The molecule has 0 saturated carbocycles. The summed E-state index contributed by atoms with van der Waals surface area (Å²) in [6, 6.07) is 8.05. The van der Waals surface area contributed by atoms with Gasteiger partial charge in [-0.3, -0.25) is 9.56 Å². The highest BCUT2D eigenvalue weighted by Crippen LogP contribution is 2.36. The summed E-state index contributed by atoms with van der Waals surface area (Å²) >= 11 is 0. The number of aromatic nitrogens is 3. The number of rotatable bonds is 4. The molecule has 0 atom stereocenters. The first-order chi connectivity index (χ1) is 14.3. The quantitative estimate of drug-likeness (QED) is 0.652. The van der Waals surface area contributed by atoms with E-state index >= 15 is 0 Å². The standard InChI is InChI=1S/C21H19F4N5/c1-3-12-8-14(21(23,24)25)9-16-19(12)20(13-4-6-15(22)7-5-13)27-11-18-29-28-17(10-26-2)30(16)18/h4-9,26H,3,10-11H2,1-2H3. The number of aliphatic imine (C=N–C) groups is 1. The average molecular weight is 417 g/mol. The highest BCUT2D eigenvalue weighted by atomic mass is 19.4. The molecule has 0 amide bonds. The van der Waals surface area contributed by atoms with Gasteiger partial charge >= 0.3 is 6.18 Å². The summed E-state index contributed by atoms with van der Waals surface area (Å²) in [5.74, 6) is 0.537. The molecule has 4 rings (SSSR count). The number of benzene rings is 2. The van der Waals surface area contributed by atoms with Crippen molar-refractivity contribution < 1.29 is 17.6 Å². The lowest BCUT2D eigenvalue weighted by Gasteiger charge is -2.20. The van der Waals surface area contributed by atoms with Gasteiger partial charge in [-0.15, -0.1) is 10.2 Å². The molecule has 0 unspecified atom stereocenters. The van der Waals surface area contributed by atoms with Gasteiger partial charge in [0.05, 0.1) is 23.5 Å². The predicted molar refractivity (Wildman–Crippen MR) is 104 cm³/mol. The van der Waals surface area contributed by atoms with Crippen LogP contribution in [0.4, 0.5) is 17.6 Å². The molecular formula is C21H19F4N5. The van der Waals surface area contributed by atoms with Crippen LogP contribution in [-0.4, -0.2) is 27.5 Å². The normalized spacial score (nSPS) is 13.5. The number of nitrogens with one attached hydrogen (secondary N) is 1. The zero-order valence-electron chi connectivity index (χ0n) is 16.4. The van der Waals surface area contributed by atoms with Crippen molar-refractivity contribution >= 4 is 5.71 Å². The summed E-state index contributed by atoms with van der Waals surface area (Å²) in [6.07, 6.45) is -4.14. The van der Waals surface area contributed by atoms with Crippen molar-refractivity contribution in [3.05, 3.63) is 76.1 Å². The summed E-state index contributed by atoms with van der Waals surface area (Å²) in [6.45, 7) is 2.27. The Morgan fingerprint density at radius 1 is 1.10 bits per heavy atom. The third kappa shape index (κ3) is 3.49. The second-order valence-corrected chi connectivity index (χ2v) is 6.95. The Bertz CT molecular complexity index is 1110. The van der Waals surface area contributed by atoms with E-state index in [1.165, 1.54) is 12.1 Å². The fraction of sp³-hybridized carbons (Fsp3) is 0.286. The average Bonchev–Trinajstić information content (AvgIpc) is 3.03. The van der Waals surface area contributed by atoms with Crippen LogP contribution in [0.3, 0.4) is 0 Å². The summed E-state index contributed by atoms with van der Waals surface area (Å²) in [5, 5.41) is 11.3. The zero-order valence-corrected chi connectivity index (χ0v) is 16.4. The lowest BCUT2D eigenvalue weighted by molar-refractivity contribution is -0.137. The molecular weight excluding hydrogens is 398 g/mol. The van der Waals surface area contributed by atoms with E-state index in [2.05, 4.69) is 20.5 Å². The van der Waals surface area contributed by atoms with Crippen molar-refractivity contribution in [1.82, 2.24) is 20.1 Å². The summed E-state index contributed by atoms with van der Waals surface area (Å²) in [7, 11) is 1.73. The Balaban J connectivity index is 2.05. The van der Waals surface area contributed by atoms with Crippen LogP contribution in [0.1, 0.15) is 40.8 Å². The number of hydrogen-bond donors (Lipinski definition) is 1. The van der Waals surface area contributed by atoms with E-state index in [1.54, 1.807) is 30.7 Å². The Labute approximate surface area is 170 Å². The second kappa shape index (κ2) is 7.64. The third-order valence-corrected chi connectivity index (χ3v) is 5.01. The van der Waals surface area contributed by atoms with Crippen LogP contribution in [0.15, 0.2) is 41.4 Å². The minimum Gasteiger partial charge on any atom is -0.313 e. The Hall–Kier alpha value is -3.07. The van der Waals surface area contributed by atoms with Crippen molar-refractivity contribution in [3.63, 3.8) is 0 Å². The van der Waals surface area contributed by atoms with E-state index in [9.17, 15) is 17.6 Å². The van der Waals surface area contributed by atoms with Gasteiger partial charge in [0.15, 0.2) is 11.6 Å². The molecule has 0 spiro atoms. The molecule has 0 aliphatic carbocycles. The third-order valence-electron chi connectivity index (χ3n) is 5.01. The molecule has 0 bridgehead atoms. The minimum atomic E-state index is -4.50. The molecule has 9 heteroatoms. The van der Waals surface area contributed by atoms with Crippen LogP contribution >= 0.6 is 0 Å². The van der Waals surface area contributed by atoms with Crippen LogP contribution < -0.4 is 5.32 Å². The smallest absolute Gasteiger partial charge is 0.313 e. The van der Waals surface area contributed by atoms with Crippen molar-refractivity contribution in [1.29, 1.82) is 0 Å². The topological polar surface area (TPSA) is 55.1 Å². The Kier molecular flexibility index (Phi) is 5.15. The molecule has 1 aromatic heterocycles. The molecule has 0 fully saturated rings. The largest absolute Gasteiger partial charge is 0.416 e. The molecule has 2 aromatic carbocycles. The van der Waals surface area contributed by atoms with Crippen molar-refractivity contribution in [2.75, 3.05) is 7.05 Å². The van der Waals surface area contributed by atoms with Gasteiger partial charge in [-0.1, -0.05) is 6.92 Å². The number of halogens is 4. The molecule has 1 aliphatic rings. The van der Waals surface area contributed by atoms with E-state index in [0.29, 0.717) is 52.7 Å². The van der Waals surface area contributed by atoms with Crippen LogP contribution in [0, 0.1) is 5.82 Å². The van der Waals surface area contributed by atoms with Crippen LogP contribution in [0.5, 0.6) is 0 Å². The Morgan fingerprint density at radius 2 is 1.83 bits per heavy atom. The van der Waals surface area contributed by atoms with Gasteiger partial charge in [0.2, 0.25) is 0 Å². The highest BCUT2D eigenvalue weighted by molar-refractivity contribution is 6.16. The lowest BCUT2D eigenvalue weighted by atomic mass is 9.92. The molecule has 1 N–H and O–H groups in total. The van der Waals surface area contributed by atoms with Crippen LogP contribution in [0.25, 0.3) is 5.69 Å². The SMILES string of the molecule is CCc1cc(C(F)(F)F)cc2c1C(c1ccc(F)cc1)=NCc1nnc(CNC)n1-2. The molecule has 3 aromatic rings. The number of aryl methyl sites for hydroxylation is 1. The van der Waals surface area contributed by atoms with E-state index in [-0.39, 0.29) is 6.54 Å². The number of alkyl halides is 3. The zero-order chi connectivity index (χ0) is 21.5. The van der Waals surface area contributed by atoms with Gasteiger partial charge in [0.1, 0.15) is 12.4 Å². The summed E-state index contributed by atoms with van der Waals surface area (Å²) in [4.78, 5) is 4.65. The maximum Gasteiger partial charge on any atom is 0.416 e. The molecule has 2 heterocycles. The second-order valence-electron chi connectivity index (χ2n) is 6.95. The van der Waals surface area contributed by atoms with Crippen molar-refractivity contribution in [2.24, 2.45) is 4.99 Å². The molecule has 30 heavy (non-hydrogen) atoms. The van der Waals surface area contributed by atoms with Gasteiger partial charge in [0, 0.05) is 11.1 Å². The van der Waals surface area contributed by atoms with Gasteiger partial charge in [0.25, 0.3) is 0 Å². The van der Waals surface area contributed by atoms with E-state index in [1.807, 2.05) is 0 Å². The molecule has 5 nitrogen and oxygen atoms in total. The van der Waals surface area contributed by atoms with Gasteiger partial charge < -0.3 is 5.32 Å². The molecule has 1 aliphatic heterocycles. The fourth-order valence-corrected chi connectivity index (χ4v) is 3.66. The number of fused-ring (bicyclic) bond motifs is 3. The van der Waals surface area contributed by atoms with Gasteiger partial charge in [-0.05, 0) is 55.4 Å². The maximum atomic E-state index is 13.7. The first-order valence-corrected chi connectivity index (χ1v) is 9.46. The van der Waals surface area contributed by atoms with E-state index in [0.717, 1.165) is 12.1 Å². The predicted octanol–water partition coefficient (Wildman–Crippen LogP) is 4.06. The first-order valence-electron chi connectivity index (χ1n) is 9.46. The van der Waals surface area contributed by atoms with Crippen molar-refractivity contribution in [2.45, 2.75) is 32.6 Å². The molecule has 156 valence electrons. The van der Waals surface area contributed by atoms with E-state index < -0.39 is 17.6 Å². The molecule has 0 saturated heterocycles. The molecule has 0 radical (unpaired) electrons. The van der Waals surface area contributed by atoms with Crippen LogP contribution in [-0.2, 0) is 25.7 Å². The highest BCUT2D eigenvalue weighted by Gasteiger charge is 2.34. The summed E-state index contributed by atoms with van der Waals surface area (Å²) in [5.41, 5.74) is 1.80. The maximum absolute atomic E-state index is 13.7. The van der Waals surface area contributed by atoms with Gasteiger partial charge in [-0.25, -0.2) is 4.39 Å².